The maximum Gasteiger partial charge on any atom is 0.316 e. The number of hydrogen-bond acceptors (Lipinski definition) is 3. The van der Waals surface area contributed by atoms with Gasteiger partial charge >= 0.3 is 6.03 Å². The van der Waals surface area contributed by atoms with Crippen LogP contribution in [0.15, 0.2) is 24.3 Å². The maximum atomic E-state index is 11.7. The molecule has 0 bridgehead atoms. The molecule has 1 aromatic carbocycles. The Bertz CT molecular complexity index is 497. The number of anilines is 1. The summed E-state index contributed by atoms with van der Waals surface area (Å²) in [6.45, 7) is 6.38. The number of amides is 3. The van der Waals surface area contributed by atoms with E-state index in [1.165, 1.54) is 0 Å². The third kappa shape index (κ3) is 5.07. The smallest absolute Gasteiger partial charge is 0.316 e. The Hall–Kier alpha value is -2.08. The summed E-state index contributed by atoms with van der Waals surface area (Å²) in [4.78, 5) is 22.5. The van der Waals surface area contributed by atoms with E-state index in [1.807, 2.05) is 32.9 Å². The second-order valence-electron chi connectivity index (χ2n) is 5.68. The lowest BCUT2D eigenvalue weighted by Gasteiger charge is -2.25. The molecule has 0 spiro atoms. The molecule has 0 saturated carbocycles. The number of carbonyl (C=O) groups is 2. The fourth-order valence-electron chi connectivity index (χ4n) is 1.94. The highest BCUT2D eigenvalue weighted by Crippen LogP contribution is 2.19. The minimum absolute atomic E-state index is 0.00297. The van der Waals surface area contributed by atoms with Crippen LogP contribution in [0.5, 0.6) is 0 Å². The average Bonchev–Trinajstić information content (AvgIpc) is 2.44. The van der Waals surface area contributed by atoms with Gasteiger partial charge in [-0.3, -0.25) is 4.79 Å². The zero-order valence-electron chi connectivity index (χ0n) is 13.0. The number of nitrogens with one attached hydrogen (secondary N) is 3. The number of carbonyl (C=O) groups excluding carboxylic acids is 2. The number of hydrogen-bond donors (Lipinski definition) is 4. The molecule has 3 amide bonds. The monoisotopic (exact) mass is 292 g/mol. The van der Waals surface area contributed by atoms with Gasteiger partial charge in [0.15, 0.2) is 0 Å². The Morgan fingerprint density at radius 1 is 1.24 bits per heavy atom. The fourth-order valence-corrected chi connectivity index (χ4v) is 1.94. The molecule has 0 heterocycles. The topological polar surface area (TPSA) is 96.2 Å². The molecule has 5 N–H and O–H groups in total. The first-order valence-electron chi connectivity index (χ1n) is 6.88. The molecule has 0 aliphatic heterocycles. The highest BCUT2D eigenvalue weighted by Gasteiger charge is 2.26. The van der Waals surface area contributed by atoms with Crippen LogP contribution in [0.4, 0.5) is 10.5 Å². The highest BCUT2D eigenvalue weighted by molar-refractivity contribution is 5.87. The molecule has 1 aromatic rings. The molecule has 0 aliphatic rings. The normalized spacial score (nSPS) is 12.6. The van der Waals surface area contributed by atoms with Crippen LogP contribution in [0.2, 0.25) is 0 Å². The van der Waals surface area contributed by atoms with Crippen molar-refractivity contribution < 1.29 is 9.59 Å². The lowest BCUT2D eigenvalue weighted by atomic mass is 9.91. The Morgan fingerprint density at radius 2 is 1.81 bits per heavy atom. The lowest BCUT2D eigenvalue weighted by Crippen LogP contribution is -2.42. The van der Waals surface area contributed by atoms with Gasteiger partial charge in [0.25, 0.3) is 0 Å². The molecule has 0 aromatic heterocycles. The van der Waals surface area contributed by atoms with Crippen LogP contribution in [0.1, 0.15) is 32.4 Å². The Balaban J connectivity index is 2.61. The quantitative estimate of drug-likeness (QED) is 0.641. The van der Waals surface area contributed by atoms with Gasteiger partial charge in [-0.05, 0) is 38.5 Å². The predicted molar refractivity (Wildman–Crippen MR) is 83.9 cm³/mol. The summed E-state index contributed by atoms with van der Waals surface area (Å²) in [7, 11) is 1.64. The summed E-state index contributed by atoms with van der Waals surface area (Å²) in [6.07, 6.45) is 0. The van der Waals surface area contributed by atoms with Crippen molar-refractivity contribution in [1.29, 1.82) is 0 Å². The van der Waals surface area contributed by atoms with Gasteiger partial charge in [0.05, 0.1) is 5.41 Å². The molecule has 116 valence electrons. The average molecular weight is 292 g/mol. The van der Waals surface area contributed by atoms with Crippen molar-refractivity contribution in [2.45, 2.75) is 26.8 Å². The van der Waals surface area contributed by atoms with Crippen molar-refractivity contribution in [3.05, 3.63) is 29.8 Å². The predicted octanol–water partition coefficient (Wildman–Crippen LogP) is 1.60. The number of urea groups is 1. The molecule has 0 saturated heterocycles. The first-order chi connectivity index (χ1) is 9.76. The Kier molecular flexibility index (Phi) is 5.72. The van der Waals surface area contributed by atoms with Gasteiger partial charge in [0, 0.05) is 25.3 Å². The van der Waals surface area contributed by atoms with Gasteiger partial charge in [-0.25, -0.2) is 4.79 Å². The first kappa shape index (κ1) is 17.0. The molecule has 1 unspecified atom stereocenters. The summed E-state index contributed by atoms with van der Waals surface area (Å²) < 4.78 is 0. The van der Waals surface area contributed by atoms with Gasteiger partial charge in [-0.15, -0.1) is 0 Å². The number of nitrogens with two attached hydrogens (primary N) is 1. The van der Waals surface area contributed by atoms with Gasteiger partial charge < -0.3 is 21.7 Å². The van der Waals surface area contributed by atoms with Crippen LogP contribution in [0.25, 0.3) is 0 Å². The number of primary amides is 1. The molecule has 1 rings (SSSR count). The van der Waals surface area contributed by atoms with E-state index in [4.69, 9.17) is 5.73 Å². The highest BCUT2D eigenvalue weighted by atomic mass is 16.2. The summed E-state index contributed by atoms with van der Waals surface area (Å²) in [5.41, 5.74) is 6.31. The Morgan fingerprint density at radius 3 is 2.29 bits per heavy atom. The largest absolute Gasteiger partial charge is 0.359 e. The molecular weight excluding hydrogens is 268 g/mol. The van der Waals surface area contributed by atoms with Gasteiger partial charge in [-0.2, -0.15) is 0 Å². The van der Waals surface area contributed by atoms with E-state index < -0.39 is 11.4 Å². The summed E-state index contributed by atoms with van der Waals surface area (Å²) in [5.74, 6) is 0.00297. The molecule has 0 aliphatic carbocycles. The third-order valence-electron chi connectivity index (χ3n) is 3.37. The zero-order chi connectivity index (χ0) is 16.0. The minimum atomic E-state index is -0.582. The maximum absolute atomic E-state index is 11.7. The van der Waals surface area contributed by atoms with Crippen LogP contribution in [0.3, 0.4) is 0 Å². The van der Waals surface area contributed by atoms with E-state index in [0.29, 0.717) is 12.2 Å². The van der Waals surface area contributed by atoms with Crippen molar-refractivity contribution in [2.75, 3.05) is 18.9 Å². The van der Waals surface area contributed by atoms with E-state index in [1.54, 1.807) is 19.2 Å². The van der Waals surface area contributed by atoms with E-state index >= 15 is 0 Å². The van der Waals surface area contributed by atoms with E-state index in [9.17, 15) is 9.59 Å². The third-order valence-corrected chi connectivity index (χ3v) is 3.37. The molecule has 0 fully saturated rings. The standard InChI is InChI=1S/C15H24N4O2/c1-10(18-9-15(2,3)13(20)17-4)11-5-7-12(8-6-11)19-14(16)21/h5-8,10,18H,9H2,1-4H3,(H,17,20)(H3,16,19,21). The van der Waals surface area contributed by atoms with Crippen molar-refractivity contribution >= 4 is 17.6 Å². The molecule has 21 heavy (non-hydrogen) atoms. The fraction of sp³-hybridized carbons (Fsp3) is 0.467. The van der Waals surface area contributed by atoms with Crippen LogP contribution in [0, 0.1) is 5.41 Å². The lowest BCUT2D eigenvalue weighted by molar-refractivity contribution is -0.128. The van der Waals surface area contributed by atoms with Crippen LogP contribution in [-0.4, -0.2) is 25.5 Å². The van der Waals surface area contributed by atoms with Crippen LogP contribution < -0.4 is 21.7 Å². The molecule has 6 nitrogen and oxygen atoms in total. The van der Waals surface area contributed by atoms with Crippen LogP contribution >= 0.6 is 0 Å². The van der Waals surface area contributed by atoms with E-state index in [2.05, 4.69) is 16.0 Å². The zero-order valence-corrected chi connectivity index (χ0v) is 13.0. The van der Waals surface area contributed by atoms with E-state index in [-0.39, 0.29) is 11.9 Å². The summed E-state index contributed by atoms with van der Waals surface area (Å²) in [6, 6.07) is 6.92. The second kappa shape index (κ2) is 7.08. The summed E-state index contributed by atoms with van der Waals surface area (Å²) in [5, 5.41) is 8.52. The SMILES string of the molecule is CNC(=O)C(C)(C)CNC(C)c1ccc(NC(N)=O)cc1. The molecular formula is C15H24N4O2. The van der Waals surface area contributed by atoms with Gasteiger partial charge in [0.2, 0.25) is 5.91 Å². The van der Waals surface area contributed by atoms with E-state index in [0.717, 1.165) is 5.56 Å². The van der Waals surface area contributed by atoms with Crippen molar-refractivity contribution in [1.82, 2.24) is 10.6 Å². The van der Waals surface area contributed by atoms with Crippen molar-refractivity contribution in [3.63, 3.8) is 0 Å². The van der Waals surface area contributed by atoms with Crippen molar-refractivity contribution in [2.24, 2.45) is 11.1 Å². The van der Waals surface area contributed by atoms with Crippen LogP contribution in [-0.2, 0) is 4.79 Å². The molecule has 6 heteroatoms. The Labute approximate surface area is 125 Å². The molecule has 1 atom stereocenters. The second-order valence-corrected chi connectivity index (χ2v) is 5.68. The van der Waals surface area contributed by atoms with Crippen molar-refractivity contribution in [3.8, 4) is 0 Å². The van der Waals surface area contributed by atoms with Gasteiger partial charge in [0.1, 0.15) is 0 Å². The minimum Gasteiger partial charge on any atom is -0.359 e. The first-order valence-corrected chi connectivity index (χ1v) is 6.88. The number of benzene rings is 1. The molecule has 0 radical (unpaired) electrons. The van der Waals surface area contributed by atoms with Gasteiger partial charge in [-0.1, -0.05) is 12.1 Å². The number of rotatable bonds is 6. The summed E-state index contributed by atoms with van der Waals surface area (Å²) >= 11 is 0.